The third-order valence-corrected chi connectivity index (χ3v) is 3.14. The van der Waals surface area contributed by atoms with Gasteiger partial charge in [0, 0.05) is 6.04 Å². The highest BCUT2D eigenvalue weighted by molar-refractivity contribution is 5.81. The molecule has 0 saturated heterocycles. The van der Waals surface area contributed by atoms with Crippen molar-refractivity contribution in [2.45, 2.75) is 58.0 Å². The lowest BCUT2D eigenvalue weighted by molar-refractivity contribution is -0.123. The number of nitrogens with one attached hydrogen (secondary N) is 1. The molecule has 1 unspecified atom stereocenters. The van der Waals surface area contributed by atoms with Crippen molar-refractivity contribution in [1.29, 1.82) is 0 Å². The van der Waals surface area contributed by atoms with E-state index in [1.165, 1.54) is 32.1 Å². The lowest BCUT2D eigenvalue weighted by atomic mass is 9.84. The number of nitrogens with two attached hydrogens (primary N) is 1. The van der Waals surface area contributed by atoms with Crippen LogP contribution in [0.4, 0.5) is 0 Å². The number of hydrogen-bond donors (Lipinski definition) is 2. The van der Waals surface area contributed by atoms with Gasteiger partial charge in [-0.1, -0.05) is 19.3 Å². The van der Waals surface area contributed by atoms with E-state index in [1.54, 1.807) is 6.92 Å². The first-order valence-electron chi connectivity index (χ1n) is 5.67. The summed E-state index contributed by atoms with van der Waals surface area (Å²) in [6, 6.07) is -0.102. The molecule has 1 fully saturated rings. The van der Waals surface area contributed by atoms with E-state index in [2.05, 4.69) is 12.2 Å². The van der Waals surface area contributed by atoms with Crippen molar-refractivity contribution in [3.63, 3.8) is 0 Å². The van der Waals surface area contributed by atoms with Gasteiger partial charge in [0.2, 0.25) is 5.91 Å². The third-order valence-electron chi connectivity index (χ3n) is 3.14. The van der Waals surface area contributed by atoms with Gasteiger partial charge in [0.05, 0.1) is 6.04 Å². The van der Waals surface area contributed by atoms with Crippen LogP contribution in [0.2, 0.25) is 0 Å². The van der Waals surface area contributed by atoms with E-state index in [4.69, 9.17) is 5.73 Å². The fourth-order valence-corrected chi connectivity index (χ4v) is 2.11. The van der Waals surface area contributed by atoms with Crippen LogP contribution in [0.5, 0.6) is 0 Å². The van der Waals surface area contributed by atoms with Crippen LogP contribution in [0.15, 0.2) is 0 Å². The maximum atomic E-state index is 11.4. The molecule has 0 heterocycles. The van der Waals surface area contributed by atoms with Crippen molar-refractivity contribution < 1.29 is 4.79 Å². The molecule has 0 bridgehead atoms. The zero-order valence-corrected chi connectivity index (χ0v) is 9.25. The summed E-state index contributed by atoms with van der Waals surface area (Å²) in [5.74, 6) is 0.634. The Morgan fingerprint density at radius 2 is 1.86 bits per heavy atom. The monoisotopic (exact) mass is 198 g/mol. The van der Waals surface area contributed by atoms with Gasteiger partial charge in [-0.25, -0.2) is 0 Å². The molecule has 0 aliphatic heterocycles. The van der Waals surface area contributed by atoms with E-state index in [-0.39, 0.29) is 18.0 Å². The van der Waals surface area contributed by atoms with Crippen LogP contribution in [-0.4, -0.2) is 18.0 Å². The summed E-state index contributed by atoms with van der Waals surface area (Å²) in [6.07, 6.45) is 6.47. The Balaban J connectivity index is 2.32. The fraction of sp³-hybridized carbons (Fsp3) is 0.909. The Bertz CT molecular complexity index is 186. The van der Waals surface area contributed by atoms with Crippen molar-refractivity contribution in [3.05, 3.63) is 0 Å². The Labute approximate surface area is 86.4 Å². The number of carbonyl (C=O) groups excluding carboxylic acids is 1. The second-order valence-electron chi connectivity index (χ2n) is 4.48. The molecular weight excluding hydrogens is 176 g/mol. The van der Waals surface area contributed by atoms with E-state index in [1.807, 2.05) is 0 Å². The summed E-state index contributed by atoms with van der Waals surface area (Å²) in [4.78, 5) is 11.4. The summed E-state index contributed by atoms with van der Waals surface area (Å²) in [7, 11) is 0. The minimum atomic E-state index is -0.388. The highest BCUT2D eigenvalue weighted by atomic mass is 16.2. The van der Waals surface area contributed by atoms with Crippen LogP contribution in [0.1, 0.15) is 46.0 Å². The summed E-state index contributed by atoms with van der Waals surface area (Å²) in [5, 5.41) is 2.99. The topological polar surface area (TPSA) is 55.1 Å². The molecular formula is C11H22N2O. The predicted molar refractivity (Wildman–Crippen MR) is 57.8 cm³/mol. The predicted octanol–water partition coefficient (Wildman–Crippen LogP) is 1.42. The van der Waals surface area contributed by atoms with Crippen LogP contribution in [0.25, 0.3) is 0 Å². The summed E-state index contributed by atoms with van der Waals surface area (Å²) >= 11 is 0. The molecule has 1 aliphatic carbocycles. The fourth-order valence-electron chi connectivity index (χ4n) is 2.11. The van der Waals surface area contributed by atoms with Gasteiger partial charge in [0.25, 0.3) is 0 Å². The second-order valence-corrected chi connectivity index (χ2v) is 4.48. The van der Waals surface area contributed by atoms with Gasteiger partial charge in [0.1, 0.15) is 0 Å². The molecule has 0 aromatic carbocycles. The summed E-state index contributed by atoms with van der Waals surface area (Å²) in [5.41, 5.74) is 5.50. The number of hydrogen-bond acceptors (Lipinski definition) is 2. The SMILES string of the molecule is CC(N)C(=O)N[C@H](C)C1CCCCC1. The van der Waals surface area contributed by atoms with Gasteiger partial charge in [-0.15, -0.1) is 0 Å². The first kappa shape index (κ1) is 11.5. The van der Waals surface area contributed by atoms with Crippen molar-refractivity contribution >= 4 is 5.91 Å². The van der Waals surface area contributed by atoms with Gasteiger partial charge in [-0.2, -0.15) is 0 Å². The third kappa shape index (κ3) is 3.29. The maximum absolute atomic E-state index is 11.4. The standard InChI is InChI=1S/C11H22N2O/c1-8(12)11(14)13-9(2)10-6-4-3-5-7-10/h8-10H,3-7,12H2,1-2H3,(H,13,14)/t8?,9-/m1/s1. The minimum absolute atomic E-state index is 0.0249. The zero-order valence-electron chi connectivity index (χ0n) is 9.25. The Morgan fingerprint density at radius 3 is 2.36 bits per heavy atom. The van der Waals surface area contributed by atoms with Gasteiger partial charge in [0.15, 0.2) is 0 Å². The highest BCUT2D eigenvalue weighted by Crippen LogP contribution is 2.26. The van der Waals surface area contributed by atoms with Crippen molar-refractivity contribution in [3.8, 4) is 0 Å². The Kier molecular flexibility index (Phi) is 4.39. The van der Waals surface area contributed by atoms with Gasteiger partial charge >= 0.3 is 0 Å². The van der Waals surface area contributed by atoms with Gasteiger partial charge < -0.3 is 11.1 Å². The molecule has 0 spiro atoms. The maximum Gasteiger partial charge on any atom is 0.236 e. The quantitative estimate of drug-likeness (QED) is 0.720. The van der Waals surface area contributed by atoms with E-state index < -0.39 is 0 Å². The van der Waals surface area contributed by atoms with Crippen molar-refractivity contribution in [2.24, 2.45) is 11.7 Å². The van der Waals surface area contributed by atoms with E-state index in [0.29, 0.717) is 5.92 Å². The lowest BCUT2D eigenvalue weighted by Gasteiger charge is -2.28. The van der Waals surface area contributed by atoms with Crippen LogP contribution < -0.4 is 11.1 Å². The van der Waals surface area contributed by atoms with E-state index >= 15 is 0 Å². The molecule has 3 nitrogen and oxygen atoms in total. The molecule has 1 rings (SSSR count). The molecule has 0 aromatic rings. The van der Waals surface area contributed by atoms with E-state index in [9.17, 15) is 4.79 Å². The molecule has 14 heavy (non-hydrogen) atoms. The normalized spacial score (nSPS) is 22.8. The number of carbonyl (C=O) groups is 1. The molecule has 82 valence electrons. The molecule has 3 heteroatoms. The van der Waals surface area contributed by atoms with Crippen LogP contribution in [0, 0.1) is 5.92 Å². The summed E-state index contributed by atoms with van der Waals surface area (Å²) in [6.45, 7) is 3.82. The van der Waals surface area contributed by atoms with E-state index in [0.717, 1.165) is 0 Å². The van der Waals surface area contributed by atoms with Crippen molar-refractivity contribution in [1.82, 2.24) is 5.32 Å². The van der Waals surface area contributed by atoms with Crippen LogP contribution >= 0.6 is 0 Å². The molecule has 1 aliphatic rings. The molecule has 2 atom stereocenters. The van der Waals surface area contributed by atoms with Gasteiger partial charge in [-0.05, 0) is 32.6 Å². The molecule has 1 saturated carbocycles. The molecule has 0 aromatic heterocycles. The number of rotatable bonds is 3. The first-order chi connectivity index (χ1) is 6.61. The molecule has 3 N–H and O–H groups in total. The van der Waals surface area contributed by atoms with Crippen LogP contribution in [0.3, 0.4) is 0 Å². The van der Waals surface area contributed by atoms with Crippen molar-refractivity contribution in [2.75, 3.05) is 0 Å². The molecule has 0 radical (unpaired) electrons. The first-order valence-corrected chi connectivity index (χ1v) is 5.67. The largest absolute Gasteiger partial charge is 0.352 e. The Morgan fingerprint density at radius 1 is 1.29 bits per heavy atom. The van der Waals surface area contributed by atoms with Crippen LogP contribution in [-0.2, 0) is 4.79 Å². The highest BCUT2D eigenvalue weighted by Gasteiger charge is 2.22. The Hall–Kier alpha value is -0.570. The summed E-state index contributed by atoms with van der Waals surface area (Å²) < 4.78 is 0. The average molecular weight is 198 g/mol. The second kappa shape index (κ2) is 5.35. The minimum Gasteiger partial charge on any atom is -0.352 e. The zero-order chi connectivity index (χ0) is 10.6. The molecule has 1 amide bonds. The average Bonchev–Trinajstić information content (AvgIpc) is 2.19. The lowest BCUT2D eigenvalue weighted by Crippen LogP contribution is -2.45. The van der Waals surface area contributed by atoms with Gasteiger partial charge in [-0.3, -0.25) is 4.79 Å². The smallest absolute Gasteiger partial charge is 0.236 e. The number of amides is 1.